The van der Waals surface area contributed by atoms with Crippen molar-refractivity contribution < 1.29 is 4.79 Å². The van der Waals surface area contributed by atoms with Gasteiger partial charge < -0.3 is 10.2 Å². The minimum absolute atomic E-state index is 0.0588. The summed E-state index contributed by atoms with van der Waals surface area (Å²) in [6.07, 6.45) is 3.98. The first kappa shape index (κ1) is 14.8. The Morgan fingerprint density at radius 1 is 1.40 bits per heavy atom. The quantitative estimate of drug-likeness (QED) is 0.918. The molecule has 0 aromatic carbocycles. The van der Waals surface area contributed by atoms with Crippen molar-refractivity contribution in [1.82, 2.24) is 9.88 Å². The van der Waals surface area contributed by atoms with Gasteiger partial charge in [0.2, 0.25) is 0 Å². The Kier molecular flexibility index (Phi) is 4.99. The van der Waals surface area contributed by atoms with Crippen LogP contribution in [0.4, 0.5) is 5.69 Å². The van der Waals surface area contributed by atoms with E-state index < -0.39 is 0 Å². The van der Waals surface area contributed by atoms with Crippen molar-refractivity contribution in [3.63, 3.8) is 0 Å². The molecule has 0 spiro atoms. The van der Waals surface area contributed by atoms with Gasteiger partial charge in [-0.2, -0.15) is 0 Å². The summed E-state index contributed by atoms with van der Waals surface area (Å²) in [6, 6.07) is 3.77. The Bertz CT molecular complexity index is 451. The Morgan fingerprint density at radius 3 is 2.75 bits per heavy atom. The minimum Gasteiger partial charge on any atom is -0.385 e. The number of pyridine rings is 1. The van der Waals surface area contributed by atoms with Crippen molar-refractivity contribution in [2.75, 3.05) is 25.0 Å². The fourth-order valence-electron chi connectivity index (χ4n) is 2.92. The first-order valence-electron chi connectivity index (χ1n) is 7.59. The van der Waals surface area contributed by atoms with E-state index >= 15 is 0 Å². The Morgan fingerprint density at radius 2 is 2.10 bits per heavy atom. The van der Waals surface area contributed by atoms with Crippen LogP contribution >= 0.6 is 0 Å². The molecule has 2 heterocycles. The van der Waals surface area contributed by atoms with Crippen molar-refractivity contribution in [1.29, 1.82) is 0 Å². The number of piperidine rings is 1. The number of hydrogen-bond acceptors (Lipinski definition) is 3. The first-order chi connectivity index (χ1) is 9.60. The molecular formula is C16H25N3O. The van der Waals surface area contributed by atoms with Crippen LogP contribution in [0.15, 0.2) is 18.3 Å². The number of anilines is 1. The second-order valence-corrected chi connectivity index (χ2v) is 6.01. The zero-order chi connectivity index (χ0) is 14.5. The molecular weight excluding hydrogens is 250 g/mol. The number of aromatic nitrogens is 1. The summed E-state index contributed by atoms with van der Waals surface area (Å²) in [5.41, 5.74) is 1.52. The SMILES string of the molecule is CCCNc1ccnc(C(=O)N2CC(C)CC(C)C2)c1. The first-order valence-corrected chi connectivity index (χ1v) is 7.59. The van der Waals surface area contributed by atoms with Crippen molar-refractivity contribution >= 4 is 11.6 Å². The predicted octanol–water partition coefficient (Wildman–Crippen LogP) is 3.02. The van der Waals surface area contributed by atoms with Crippen LogP contribution in [0, 0.1) is 11.8 Å². The average molecular weight is 275 g/mol. The summed E-state index contributed by atoms with van der Waals surface area (Å²) in [4.78, 5) is 18.7. The van der Waals surface area contributed by atoms with Crippen LogP contribution in [0.1, 0.15) is 44.1 Å². The molecule has 0 saturated carbocycles. The summed E-state index contributed by atoms with van der Waals surface area (Å²) in [6.45, 7) is 9.15. The molecule has 1 amide bonds. The maximum atomic E-state index is 12.6. The minimum atomic E-state index is 0.0588. The van der Waals surface area contributed by atoms with Gasteiger partial charge in [-0.05, 0) is 36.8 Å². The number of nitrogens with zero attached hydrogens (tertiary/aromatic N) is 2. The molecule has 1 saturated heterocycles. The zero-order valence-electron chi connectivity index (χ0n) is 12.7. The van der Waals surface area contributed by atoms with Gasteiger partial charge in [-0.15, -0.1) is 0 Å². The third-order valence-electron chi connectivity index (χ3n) is 3.71. The summed E-state index contributed by atoms with van der Waals surface area (Å²) in [5, 5.41) is 3.30. The molecule has 2 atom stereocenters. The number of rotatable bonds is 4. The second-order valence-electron chi connectivity index (χ2n) is 6.01. The number of carbonyl (C=O) groups excluding carboxylic acids is 1. The Labute approximate surface area is 121 Å². The lowest BCUT2D eigenvalue weighted by atomic mass is 9.92. The molecule has 1 fully saturated rings. The van der Waals surface area contributed by atoms with E-state index in [1.54, 1.807) is 6.20 Å². The van der Waals surface area contributed by atoms with Gasteiger partial charge in [-0.25, -0.2) is 0 Å². The zero-order valence-corrected chi connectivity index (χ0v) is 12.7. The topological polar surface area (TPSA) is 45.2 Å². The van der Waals surface area contributed by atoms with E-state index in [-0.39, 0.29) is 5.91 Å². The Balaban J connectivity index is 2.08. The summed E-state index contributed by atoms with van der Waals surface area (Å²) in [5.74, 6) is 1.21. The molecule has 0 radical (unpaired) electrons. The number of nitrogens with one attached hydrogen (secondary N) is 1. The van der Waals surface area contributed by atoms with Crippen molar-refractivity contribution in [2.45, 2.75) is 33.6 Å². The maximum Gasteiger partial charge on any atom is 0.272 e. The van der Waals surface area contributed by atoms with Crippen LogP contribution < -0.4 is 5.32 Å². The van der Waals surface area contributed by atoms with Crippen LogP contribution in [0.5, 0.6) is 0 Å². The Hall–Kier alpha value is -1.58. The highest BCUT2D eigenvalue weighted by Crippen LogP contribution is 2.22. The smallest absolute Gasteiger partial charge is 0.272 e. The normalized spacial score (nSPS) is 22.6. The lowest BCUT2D eigenvalue weighted by molar-refractivity contribution is 0.0617. The van der Waals surface area contributed by atoms with Gasteiger partial charge in [0.15, 0.2) is 0 Å². The second kappa shape index (κ2) is 6.73. The molecule has 1 aliphatic rings. The van der Waals surface area contributed by atoms with E-state index in [9.17, 15) is 4.79 Å². The van der Waals surface area contributed by atoms with Crippen LogP contribution in [-0.4, -0.2) is 35.4 Å². The lowest BCUT2D eigenvalue weighted by Gasteiger charge is -2.34. The molecule has 0 bridgehead atoms. The highest BCUT2D eigenvalue weighted by atomic mass is 16.2. The monoisotopic (exact) mass is 275 g/mol. The van der Waals surface area contributed by atoms with E-state index in [1.807, 2.05) is 17.0 Å². The standard InChI is InChI=1S/C16H25N3O/c1-4-6-17-14-5-7-18-15(9-14)16(20)19-10-12(2)8-13(3)11-19/h5,7,9,12-13H,4,6,8,10-11H2,1-3H3,(H,17,18). The largest absolute Gasteiger partial charge is 0.385 e. The number of amides is 1. The van der Waals surface area contributed by atoms with E-state index in [4.69, 9.17) is 0 Å². The molecule has 4 nitrogen and oxygen atoms in total. The molecule has 0 aliphatic carbocycles. The highest BCUT2D eigenvalue weighted by Gasteiger charge is 2.26. The van der Waals surface area contributed by atoms with E-state index in [1.165, 1.54) is 6.42 Å². The molecule has 1 aromatic rings. The lowest BCUT2D eigenvalue weighted by Crippen LogP contribution is -2.42. The third kappa shape index (κ3) is 3.71. The summed E-state index contributed by atoms with van der Waals surface area (Å²) < 4.78 is 0. The van der Waals surface area contributed by atoms with Gasteiger partial charge in [0.05, 0.1) is 0 Å². The number of likely N-dealkylation sites (tertiary alicyclic amines) is 1. The van der Waals surface area contributed by atoms with Crippen LogP contribution in [-0.2, 0) is 0 Å². The van der Waals surface area contributed by atoms with Crippen molar-refractivity contribution in [3.8, 4) is 0 Å². The van der Waals surface area contributed by atoms with Crippen LogP contribution in [0.25, 0.3) is 0 Å². The van der Waals surface area contributed by atoms with E-state index in [0.717, 1.165) is 31.7 Å². The van der Waals surface area contributed by atoms with Crippen molar-refractivity contribution in [3.05, 3.63) is 24.0 Å². The van der Waals surface area contributed by atoms with Gasteiger partial charge in [0.1, 0.15) is 5.69 Å². The molecule has 110 valence electrons. The molecule has 2 rings (SSSR count). The molecule has 1 aliphatic heterocycles. The molecule has 4 heteroatoms. The number of hydrogen-bond donors (Lipinski definition) is 1. The van der Waals surface area contributed by atoms with Crippen molar-refractivity contribution in [2.24, 2.45) is 11.8 Å². The van der Waals surface area contributed by atoms with E-state index in [2.05, 4.69) is 31.1 Å². The van der Waals surface area contributed by atoms with Gasteiger partial charge in [0.25, 0.3) is 5.91 Å². The average Bonchev–Trinajstić information content (AvgIpc) is 2.43. The van der Waals surface area contributed by atoms with Crippen LogP contribution in [0.2, 0.25) is 0 Å². The van der Waals surface area contributed by atoms with Gasteiger partial charge in [-0.3, -0.25) is 9.78 Å². The highest BCUT2D eigenvalue weighted by molar-refractivity contribution is 5.93. The third-order valence-corrected chi connectivity index (χ3v) is 3.71. The molecule has 1 N–H and O–H groups in total. The molecule has 20 heavy (non-hydrogen) atoms. The van der Waals surface area contributed by atoms with Gasteiger partial charge in [0, 0.05) is 31.5 Å². The summed E-state index contributed by atoms with van der Waals surface area (Å²) >= 11 is 0. The van der Waals surface area contributed by atoms with Crippen LogP contribution in [0.3, 0.4) is 0 Å². The fraction of sp³-hybridized carbons (Fsp3) is 0.625. The van der Waals surface area contributed by atoms with E-state index in [0.29, 0.717) is 17.5 Å². The fourth-order valence-corrected chi connectivity index (χ4v) is 2.92. The van der Waals surface area contributed by atoms with Gasteiger partial charge >= 0.3 is 0 Å². The number of carbonyl (C=O) groups is 1. The maximum absolute atomic E-state index is 12.6. The molecule has 2 unspecified atom stereocenters. The predicted molar refractivity (Wildman–Crippen MR) is 81.9 cm³/mol. The summed E-state index contributed by atoms with van der Waals surface area (Å²) in [7, 11) is 0. The van der Waals surface area contributed by atoms with Gasteiger partial charge in [-0.1, -0.05) is 20.8 Å². The molecule has 1 aromatic heterocycles.